The summed E-state index contributed by atoms with van der Waals surface area (Å²) in [6.45, 7) is 2.32. The molecule has 2 aromatic carbocycles. The van der Waals surface area contributed by atoms with E-state index in [0.29, 0.717) is 23.1 Å². The van der Waals surface area contributed by atoms with Crippen molar-refractivity contribution in [1.29, 1.82) is 0 Å². The molecule has 6 heteroatoms. The Bertz CT molecular complexity index is 702. The number of carbonyl (C=O) groups is 1. The van der Waals surface area contributed by atoms with Crippen LogP contribution in [0.3, 0.4) is 0 Å². The molecule has 0 aliphatic carbocycles. The minimum absolute atomic E-state index is 0.197. The predicted octanol–water partition coefficient (Wildman–Crippen LogP) is 3.15. The fourth-order valence-electron chi connectivity index (χ4n) is 2.15. The number of amides is 1. The first-order valence-electron chi connectivity index (χ1n) is 7.20. The molecule has 0 saturated heterocycles. The number of carbonyl (C=O) groups excluding carboxylic acids is 1. The minimum atomic E-state index is -0.606. The summed E-state index contributed by atoms with van der Waals surface area (Å²) in [6.07, 6.45) is -0.606. The summed E-state index contributed by atoms with van der Waals surface area (Å²) in [5.41, 5.74) is 0.932. The average Bonchev–Trinajstić information content (AvgIpc) is 3.02. The van der Waals surface area contributed by atoms with Crippen molar-refractivity contribution in [3.63, 3.8) is 0 Å². The van der Waals surface area contributed by atoms with E-state index < -0.39 is 6.10 Å². The summed E-state index contributed by atoms with van der Waals surface area (Å²) in [6, 6.07) is 12.5. The fraction of sp³-hybridized carbons (Fsp3) is 0.235. The topological polar surface area (TPSA) is 56.8 Å². The summed E-state index contributed by atoms with van der Waals surface area (Å²) in [7, 11) is 0. The summed E-state index contributed by atoms with van der Waals surface area (Å²) in [5.74, 6) is 1.82. The number of rotatable bonds is 5. The zero-order chi connectivity index (χ0) is 16.2. The Hall–Kier alpha value is -2.40. The summed E-state index contributed by atoms with van der Waals surface area (Å²) in [4.78, 5) is 12.1. The molecule has 1 amide bonds. The van der Waals surface area contributed by atoms with E-state index in [0.717, 1.165) is 11.3 Å². The van der Waals surface area contributed by atoms with Gasteiger partial charge >= 0.3 is 0 Å². The van der Waals surface area contributed by atoms with Crippen molar-refractivity contribution in [2.75, 3.05) is 6.79 Å². The fourth-order valence-corrected chi connectivity index (χ4v) is 2.28. The Balaban J connectivity index is 1.53. The molecular weight excluding hydrogens is 318 g/mol. The molecule has 1 atom stereocenters. The van der Waals surface area contributed by atoms with Gasteiger partial charge in [0.1, 0.15) is 5.75 Å². The largest absolute Gasteiger partial charge is 0.481 e. The maximum atomic E-state index is 12.1. The van der Waals surface area contributed by atoms with Gasteiger partial charge in [-0.05, 0) is 48.9 Å². The molecule has 1 heterocycles. The molecule has 0 saturated carbocycles. The molecule has 2 aromatic rings. The second kappa shape index (κ2) is 6.79. The maximum absolute atomic E-state index is 12.1. The van der Waals surface area contributed by atoms with Crippen molar-refractivity contribution in [3.05, 3.63) is 53.1 Å². The van der Waals surface area contributed by atoms with Crippen LogP contribution in [-0.2, 0) is 11.3 Å². The summed E-state index contributed by atoms with van der Waals surface area (Å²) < 4.78 is 16.1. The van der Waals surface area contributed by atoms with Crippen LogP contribution in [0.15, 0.2) is 42.5 Å². The van der Waals surface area contributed by atoms with Crippen LogP contribution in [0.4, 0.5) is 0 Å². The normalized spacial score (nSPS) is 13.5. The second-order valence-electron chi connectivity index (χ2n) is 5.12. The molecular formula is C17H16ClNO4. The highest BCUT2D eigenvalue weighted by molar-refractivity contribution is 6.30. The smallest absolute Gasteiger partial charge is 0.261 e. The van der Waals surface area contributed by atoms with E-state index in [-0.39, 0.29) is 12.7 Å². The Morgan fingerprint density at radius 2 is 1.96 bits per heavy atom. The molecule has 0 fully saturated rings. The van der Waals surface area contributed by atoms with Crippen LogP contribution in [-0.4, -0.2) is 18.8 Å². The van der Waals surface area contributed by atoms with Gasteiger partial charge in [0.05, 0.1) is 0 Å². The van der Waals surface area contributed by atoms with Gasteiger partial charge in [0.15, 0.2) is 17.6 Å². The molecule has 5 nitrogen and oxygen atoms in total. The van der Waals surface area contributed by atoms with E-state index in [9.17, 15) is 4.79 Å². The standard InChI is InChI=1S/C17H16ClNO4/c1-11(23-14-5-3-13(18)4-6-14)17(20)19-9-12-2-7-15-16(8-12)22-10-21-15/h2-8,11H,9-10H2,1H3,(H,19,20)/t11-/m1/s1. The number of nitrogens with one attached hydrogen (secondary N) is 1. The number of hydrogen-bond acceptors (Lipinski definition) is 4. The van der Waals surface area contributed by atoms with E-state index >= 15 is 0 Å². The predicted molar refractivity (Wildman–Crippen MR) is 86.0 cm³/mol. The van der Waals surface area contributed by atoms with Crippen LogP contribution in [0.2, 0.25) is 5.02 Å². The monoisotopic (exact) mass is 333 g/mol. The highest BCUT2D eigenvalue weighted by Gasteiger charge is 2.16. The van der Waals surface area contributed by atoms with Gasteiger partial charge in [-0.2, -0.15) is 0 Å². The lowest BCUT2D eigenvalue weighted by atomic mass is 10.2. The van der Waals surface area contributed by atoms with Gasteiger partial charge in [0, 0.05) is 11.6 Å². The van der Waals surface area contributed by atoms with Gasteiger partial charge in [-0.15, -0.1) is 0 Å². The van der Waals surface area contributed by atoms with Gasteiger partial charge in [-0.3, -0.25) is 4.79 Å². The first kappa shape index (κ1) is 15.5. The van der Waals surface area contributed by atoms with Crippen molar-refractivity contribution in [1.82, 2.24) is 5.32 Å². The zero-order valence-electron chi connectivity index (χ0n) is 12.5. The lowest BCUT2D eigenvalue weighted by Gasteiger charge is -2.15. The van der Waals surface area contributed by atoms with Crippen LogP contribution in [0.1, 0.15) is 12.5 Å². The lowest BCUT2D eigenvalue weighted by molar-refractivity contribution is -0.127. The molecule has 1 N–H and O–H groups in total. The zero-order valence-corrected chi connectivity index (χ0v) is 13.3. The van der Waals surface area contributed by atoms with E-state index in [2.05, 4.69) is 5.32 Å². The summed E-state index contributed by atoms with van der Waals surface area (Å²) >= 11 is 5.81. The van der Waals surface area contributed by atoms with Gasteiger partial charge in [-0.1, -0.05) is 17.7 Å². The third-order valence-corrected chi connectivity index (χ3v) is 3.65. The molecule has 0 aromatic heterocycles. The first-order valence-corrected chi connectivity index (χ1v) is 7.58. The minimum Gasteiger partial charge on any atom is -0.481 e. The third kappa shape index (κ3) is 3.87. The molecule has 1 aliphatic heterocycles. The third-order valence-electron chi connectivity index (χ3n) is 3.40. The number of hydrogen-bond donors (Lipinski definition) is 1. The van der Waals surface area contributed by atoms with Crippen molar-refractivity contribution in [2.45, 2.75) is 19.6 Å². The highest BCUT2D eigenvalue weighted by atomic mass is 35.5. The lowest BCUT2D eigenvalue weighted by Crippen LogP contribution is -2.35. The molecule has 23 heavy (non-hydrogen) atoms. The number of benzene rings is 2. The number of ether oxygens (including phenoxy) is 3. The molecule has 0 bridgehead atoms. The molecule has 0 radical (unpaired) electrons. The maximum Gasteiger partial charge on any atom is 0.261 e. The van der Waals surface area contributed by atoms with E-state index in [1.807, 2.05) is 18.2 Å². The Morgan fingerprint density at radius 1 is 1.22 bits per heavy atom. The van der Waals surface area contributed by atoms with E-state index in [4.69, 9.17) is 25.8 Å². The summed E-state index contributed by atoms with van der Waals surface area (Å²) in [5, 5.41) is 3.46. The van der Waals surface area contributed by atoms with Gasteiger partial charge < -0.3 is 19.5 Å². The highest BCUT2D eigenvalue weighted by Crippen LogP contribution is 2.32. The molecule has 120 valence electrons. The van der Waals surface area contributed by atoms with Crippen molar-refractivity contribution in [3.8, 4) is 17.2 Å². The molecule has 0 unspecified atom stereocenters. The number of halogens is 1. The van der Waals surface area contributed by atoms with Crippen LogP contribution < -0.4 is 19.5 Å². The van der Waals surface area contributed by atoms with Gasteiger partial charge in [0.25, 0.3) is 5.91 Å². The quantitative estimate of drug-likeness (QED) is 0.913. The Kier molecular flexibility index (Phi) is 4.57. The Morgan fingerprint density at radius 3 is 2.74 bits per heavy atom. The first-order chi connectivity index (χ1) is 11.1. The Labute approximate surface area is 139 Å². The molecule has 0 spiro atoms. The molecule has 3 rings (SSSR count). The average molecular weight is 334 g/mol. The van der Waals surface area contributed by atoms with Crippen molar-refractivity contribution in [2.24, 2.45) is 0 Å². The van der Waals surface area contributed by atoms with Crippen molar-refractivity contribution < 1.29 is 19.0 Å². The van der Waals surface area contributed by atoms with Crippen LogP contribution >= 0.6 is 11.6 Å². The van der Waals surface area contributed by atoms with Crippen molar-refractivity contribution >= 4 is 17.5 Å². The van der Waals surface area contributed by atoms with Crippen LogP contribution in [0.25, 0.3) is 0 Å². The second-order valence-corrected chi connectivity index (χ2v) is 5.56. The van der Waals surface area contributed by atoms with E-state index in [1.165, 1.54) is 0 Å². The number of fused-ring (bicyclic) bond motifs is 1. The van der Waals surface area contributed by atoms with E-state index in [1.54, 1.807) is 31.2 Å². The van der Waals surface area contributed by atoms with Gasteiger partial charge in [-0.25, -0.2) is 0 Å². The van der Waals surface area contributed by atoms with Crippen LogP contribution in [0, 0.1) is 0 Å². The molecule has 1 aliphatic rings. The SMILES string of the molecule is C[C@@H](Oc1ccc(Cl)cc1)C(=O)NCc1ccc2c(c1)OCO2. The van der Waals surface area contributed by atoms with Crippen LogP contribution in [0.5, 0.6) is 17.2 Å². The van der Waals surface area contributed by atoms with Gasteiger partial charge in [0.2, 0.25) is 6.79 Å².